The fourth-order valence-electron chi connectivity index (χ4n) is 2.04. The molecule has 1 aromatic carbocycles. The molecule has 1 aliphatic heterocycles. The lowest BCUT2D eigenvalue weighted by molar-refractivity contribution is -0.124. The predicted molar refractivity (Wildman–Crippen MR) is 68.9 cm³/mol. The first-order valence-corrected chi connectivity index (χ1v) is 6.25. The summed E-state index contributed by atoms with van der Waals surface area (Å²) in [6.07, 6.45) is 0. The number of nitrogens with one attached hydrogen (secondary N) is 2. The molecule has 92 valence electrons. The fraction of sp³-hybridized carbons (Fsp3) is 0.462. The van der Waals surface area contributed by atoms with Crippen molar-refractivity contribution in [3.8, 4) is 0 Å². The van der Waals surface area contributed by atoms with Crippen LogP contribution in [0.1, 0.15) is 31.0 Å². The Balaban J connectivity index is 2.25. The van der Waals surface area contributed by atoms with Crippen LogP contribution < -0.4 is 10.6 Å². The number of hydrogen-bond acceptors (Lipinski definition) is 2. The Labute approximate surface area is 107 Å². The van der Waals surface area contributed by atoms with Crippen LogP contribution in [0.4, 0.5) is 0 Å². The molecule has 3 nitrogen and oxygen atoms in total. The van der Waals surface area contributed by atoms with Gasteiger partial charge >= 0.3 is 0 Å². The van der Waals surface area contributed by atoms with E-state index in [9.17, 15) is 4.79 Å². The van der Waals surface area contributed by atoms with Gasteiger partial charge in [-0.3, -0.25) is 4.79 Å². The third-order valence-electron chi connectivity index (χ3n) is 3.00. The highest BCUT2D eigenvalue weighted by Crippen LogP contribution is 2.29. The third kappa shape index (κ3) is 2.61. The lowest BCUT2D eigenvalue weighted by atomic mass is 9.96. The Kier molecular flexibility index (Phi) is 3.69. The number of carbonyl (C=O) groups is 1. The van der Waals surface area contributed by atoms with Crippen LogP contribution in [0.15, 0.2) is 18.2 Å². The Morgan fingerprint density at radius 2 is 2.29 bits per heavy atom. The van der Waals surface area contributed by atoms with Gasteiger partial charge in [-0.05, 0) is 17.2 Å². The summed E-state index contributed by atoms with van der Waals surface area (Å²) in [5.41, 5.74) is 2.22. The molecule has 0 saturated heterocycles. The molecule has 1 aliphatic rings. The minimum absolute atomic E-state index is 0.0112. The van der Waals surface area contributed by atoms with Crippen LogP contribution in [0.2, 0.25) is 5.02 Å². The molecule has 1 unspecified atom stereocenters. The van der Waals surface area contributed by atoms with Gasteiger partial charge in [0.15, 0.2) is 0 Å². The number of halogens is 1. The summed E-state index contributed by atoms with van der Waals surface area (Å²) in [5.74, 6) is 0.0486. The number of benzene rings is 1. The lowest BCUT2D eigenvalue weighted by Crippen LogP contribution is -2.41. The quantitative estimate of drug-likeness (QED) is 0.848. The second-order valence-corrected chi connectivity index (χ2v) is 5.07. The molecule has 0 radical (unpaired) electrons. The molecule has 0 bridgehead atoms. The van der Waals surface area contributed by atoms with Gasteiger partial charge in [0.25, 0.3) is 0 Å². The molecule has 0 saturated carbocycles. The van der Waals surface area contributed by atoms with Crippen molar-refractivity contribution in [1.82, 2.24) is 10.6 Å². The molecular formula is C13H17ClN2O. The molecular weight excluding hydrogens is 236 g/mol. The van der Waals surface area contributed by atoms with E-state index in [0.29, 0.717) is 0 Å². The topological polar surface area (TPSA) is 41.1 Å². The average molecular weight is 253 g/mol. The largest absolute Gasteiger partial charge is 0.348 e. The van der Waals surface area contributed by atoms with E-state index in [1.54, 1.807) is 0 Å². The highest BCUT2D eigenvalue weighted by atomic mass is 35.5. The zero-order chi connectivity index (χ0) is 12.4. The minimum atomic E-state index is -0.0256. The lowest BCUT2D eigenvalue weighted by Gasteiger charge is -2.28. The van der Waals surface area contributed by atoms with Crippen LogP contribution in [0.25, 0.3) is 0 Å². The molecule has 17 heavy (non-hydrogen) atoms. The molecule has 2 rings (SSSR count). The molecule has 0 aliphatic carbocycles. The van der Waals surface area contributed by atoms with Crippen LogP contribution >= 0.6 is 11.6 Å². The molecule has 0 aromatic heterocycles. The van der Waals surface area contributed by atoms with E-state index >= 15 is 0 Å². The SMILES string of the molecule is CC(C)C(=O)NC1CNCc2cccc(Cl)c21. The minimum Gasteiger partial charge on any atom is -0.348 e. The van der Waals surface area contributed by atoms with Gasteiger partial charge in [-0.25, -0.2) is 0 Å². The maximum atomic E-state index is 11.8. The number of rotatable bonds is 2. The second kappa shape index (κ2) is 5.07. The van der Waals surface area contributed by atoms with E-state index < -0.39 is 0 Å². The maximum Gasteiger partial charge on any atom is 0.223 e. The molecule has 1 amide bonds. The summed E-state index contributed by atoms with van der Waals surface area (Å²) in [6.45, 7) is 5.32. The van der Waals surface area contributed by atoms with Crippen molar-refractivity contribution < 1.29 is 4.79 Å². The van der Waals surface area contributed by atoms with Crippen molar-refractivity contribution in [1.29, 1.82) is 0 Å². The van der Waals surface area contributed by atoms with Crippen molar-refractivity contribution in [3.63, 3.8) is 0 Å². The number of hydrogen-bond donors (Lipinski definition) is 2. The van der Waals surface area contributed by atoms with Crippen molar-refractivity contribution in [2.75, 3.05) is 6.54 Å². The zero-order valence-corrected chi connectivity index (χ0v) is 10.8. The number of fused-ring (bicyclic) bond motifs is 1. The number of carbonyl (C=O) groups excluding carboxylic acids is 1. The summed E-state index contributed by atoms with van der Waals surface area (Å²) in [5, 5.41) is 7.05. The summed E-state index contributed by atoms with van der Waals surface area (Å²) < 4.78 is 0. The fourth-order valence-corrected chi connectivity index (χ4v) is 2.37. The van der Waals surface area contributed by atoms with Gasteiger partial charge in [-0.1, -0.05) is 37.6 Å². The van der Waals surface area contributed by atoms with E-state index in [2.05, 4.69) is 10.6 Å². The first-order valence-electron chi connectivity index (χ1n) is 5.88. The molecule has 1 atom stereocenters. The number of amides is 1. The van der Waals surface area contributed by atoms with Crippen LogP contribution in [-0.4, -0.2) is 12.5 Å². The van der Waals surface area contributed by atoms with Gasteiger partial charge in [-0.2, -0.15) is 0 Å². The van der Waals surface area contributed by atoms with Gasteiger partial charge in [-0.15, -0.1) is 0 Å². The van der Waals surface area contributed by atoms with Crippen LogP contribution in [0.5, 0.6) is 0 Å². The highest BCUT2D eigenvalue weighted by Gasteiger charge is 2.24. The monoisotopic (exact) mass is 252 g/mol. The average Bonchev–Trinajstić information content (AvgIpc) is 2.29. The molecule has 4 heteroatoms. The van der Waals surface area contributed by atoms with Gasteiger partial charge in [0, 0.05) is 24.0 Å². The van der Waals surface area contributed by atoms with E-state index in [1.165, 1.54) is 0 Å². The van der Waals surface area contributed by atoms with Crippen molar-refractivity contribution >= 4 is 17.5 Å². The Morgan fingerprint density at radius 3 is 3.00 bits per heavy atom. The van der Waals surface area contributed by atoms with Gasteiger partial charge in [0.05, 0.1) is 6.04 Å². The Hall–Kier alpha value is -1.06. The first-order chi connectivity index (χ1) is 8.09. The van der Waals surface area contributed by atoms with Crippen molar-refractivity contribution in [2.45, 2.75) is 26.4 Å². The molecule has 0 fully saturated rings. The van der Waals surface area contributed by atoms with E-state index in [1.807, 2.05) is 32.0 Å². The molecule has 1 aromatic rings. The zero-order valence-electron chi connectivity index (χ0n) is 10.1. The molecule has 2 N–H and O–H groups in total. The van der Waals surface area contributed by atoms with Crippen LogP contribution in [0, 0.1) is 5.92 Å². The summed E-state index contributed by atoms with van der Waals surface area (Å²) in [4.78, 5) is 11.8. The standard InChI is InChI=1S/C13H17ClN2O/c1-8(2)13(17)16-11-7-15-6-9-4-3-5-10(14)12(9)11/h3-5,8,11,15H,6-7H2,1-2H3,(H,16,17). The second-order valence-electron chi connectivity index (χ2n) is 4.66. The van der Waals surface area contributed by atoms with E-state index in [0.717, 1.165) is 29.2 Å². The van der Waals surface area contributed by atoms with Crippen LogP contribution in [-0.2, 0) is 11.3 Å². The summed E-state index contributed by atoms with van der Waals surface area (Å²) >= 11 is 6.22. The highest BCUT2D eigenvalue weighted by molar-refractivity contribution is 6.31. The van der Waals surface area contributed by atoms with Crippen LogP contribution in [0.3, 0.4) is 0 Å². The van der Waals surface area contributed by atoms with Gasteiger partial charge in [0.2, 0.25) is 5.91 Å². The maximum absolute atomic E-state index is 11.8. The first kappa shape index (κ1) is 12.4. The van der Waals surface area contributed by atoms with Crippen molar-refractivity contribution in [3.05, 3.63) is 34.3 Å². The Bertz CT molecular complexity index is 431. The predicted octanol–water partition coefficient (Wildman–Crippen LogP) is 2.26. The van der Waals surface area contributed by atoms with Gasteiger partial charge < -0.3 is 10.6 Å². The smallest absolute Gasteiger partial charge is 0.223 e. The Morgan fingerprint density at radius 1 is 1.53 bits per heavy atom. The van der Waals surface area contributed by atoms with E-state index in [4.69, 9.17) is 11.6 Å². The molecule has 0 spiro atoms. The van der Waals surface area contributed by atoms with E-state index in [-0.39, 0.29) is 17.9 Å². The third-order valence-corrected chi connectivity index (χ3v) is 3.33. The molecule has 1 heterocycles. The summed E-state index contributed by atoms with van der Waals surface area (Å²) in [6, 6.07) is 5.83. The van der Waals surface area contributed by atoms with Gasteiger partial charge in [0.1, 0.15) is 0 Å². The summed E-state index contributed by atoms with van der Waals surface area (Å²) in [7, 11) is 0. The normalized spacial score (nSPS) is 18.9. The van der Waals surface area contributed by atoms with Crippen molar-refractivity contribution in [2.24, 2.45) is 5.92 Å².